The van der Waals surface area contributed by atoms with Gasteiger partial charge in [0, 0.05) is 22.0 Å². The molecular weight excluding hydrogens is 346 g/mol. The van der Waals surface area contributed by atoms with Gasteiger partial charge in [-0.2, -0.15) is 0 Å². The van der Waals surface area contributed by atoms with Gasteiger partial charge in [0.1, 0.15) is 0 Å². The average Bonchev–Trinajstić information content (AvgIpc) is 2.84. The van der Waals surface area contributed by atoms with E-state index in [1.165, 1.54) is 12.8 Å². The van der Waals surface area contributed by atoms with E-state index in [4.69, 9.17) is 0 Å². The van der Waals surface area contributed by atoms with Crippen molar-refractivity contribution in [1.82, 2.24) is 4.90 Å². The number of carbonyl (C=O) groups is 1. The molecule has 0 aliphatic heterocycles. The molecule has 0 unspecified atom stereocenters. The maximum atomic E-state index is 12.4. The minimum Gasteiger partial charge on any atom is -0.339 e. The van der Waals surface area contributed by atoms with Crippen LogP contribution >= 0.6 is 31.9 Å². The van der Waals surface area contributed by atoms with Gasteiger partial charge in [-0.15, -0.1) is 0 Å². The number of halogens is 2. The number of rotatable bonds is 2. The monoisotopic (exact) mass is 359 g/mol. The van der Waals surface area contributed by atoms with Crippen LogP contribution in [0.4, 0.5) is 0 Å². The Balaban J connectivity index is 2.20. The molecule has 92 valence electrons. The summed E-state index contributed by atoms with van der Waals surface area (Å²) in [6.45, 7) is 0. The van der Waals surface area contributed by atoms with E-state index >= 15 is 0 Å². The Morgan fingerprint density at radius 2 is 1.94 bits per heavy atom. The molecule has 0 atom stereocenters. The molecule has 0 radical (unpaired) electrons. The van der Waals surface area contributed by atoms with Crippen molar-refractivity contribution >= 4 is 37.8 Å². The SMILES string of the molecule is CN(C(=O)c1cc(Br)ccc1Br)C1CCCC1. The zero-order valence-electron chi connectivity index (χ0n) is 9.75. The molecule has 1 saturated carbocycles. The summed E-state index contributed by atoms with van der Waals surface area (Å²) in [6, 6.07) is 6.11. The summed E-state index contributed by atoms with van der Waals surface area (Å²) in [5.74, 6) is 0.102. The third-order valence-electron chi connectivity index (χ3n) is 3.35. The maximum Gasteiger partial charge on any atom is 0.255 e. The maximum absolute atomic E-state index is 12.4. The summed E-state index contributed by atoms with van der Waals surface area (Å²) < 4.78 is 1.79. The molecule has 0 heterocycles. The molecule has 1 amide bonds. The summed E-state index contributed by atoms with van der Waals surface area (Å²) in [7, 11) is 1.91. The Morgan fingerprint density at radius 1 is 1.29 bits per heavy atom. The second kappa shape index (κ2) is 5.53. The lowest BCUT2D eigenvalue weighted by molar-refractivity contribution is 0.0734. The topological polar surface area (TPSA) is 20.3 Å². The number of nitrogens with zero attached hydrogens (tertiary/aromatic N) is 1. The molecule has 1 aromatic rings. The van der Waals surface area contributed by atoms with E-state index in [1.54, 1.807) is 0 Å². The molecule has 0 N–H and O–H groups in total. The number of amides is 1. The number of hydrogen-bond donors (Lipinski definition) is 0. The van der Waals surface area contributed by atoms with Crippen LogP contribution in [0.5, 0.6) is 0 Å². The zero-order chi connectivity index (χ0) is 12.4. The van der Waals surface area contributed by atoms with E-state index < -0.39 is 0 Å². The van der Waals surface area contributed by atoms with Crippen LogP contribution in [0.1, 0.15) is 36.0 Å². The molecule has 0 saturated heterocycles. The van der Waals surface area contributed by atoms with Crippen molar-refractivity contribution in [3.63, 3.8) is 0 Å². The van der Waals surface area contributed by atoms with Gasteiger partial charge < -0.3 is 4.90 Å². The summed E-state index contributed by atoms with van der Waals surface area (Å²) >= 11 is 6.85. The highest BCUT2D eigenvalue weighted by atomic mass is 79.9. The van der Waals surface area contributed by atoms with Gasteiger partial charge in [0.2, 0.25) is 0 Å². The molecule has 2 rings (SSSR count). The Kier molecular flexibility index (Phi) is 4.26. The number of carbonyl (C=O) groups excluding carboxylic acids is 1. The fraction of sp³-hybridized carbons (Fsp3) is 0.462. The second-order valence-corrected chi connectivity index (χ2v) is 6.25. The predicted octanol–water partition coefficient (Wildman–Crippen LogP) is 4.23. The van der Waals surface area contributed by atoms with Crippen LogP contribution in [0, 0.1) is 0 Å². The highest BCUT2D eigenvalue weighted by Crippen LogP contribution is 2.27. The van der Waals surface area contributed by atoms with Crippen LogP contribution in [0.3, 0.4) is 0 Å². The van der Waals surface area contributed by atoms with E-state index in [2.05, 4.69) is 31.9 Å². The summed E-state index contributed by atoms with van der Waals surface area (Å²) in [4.78, 5) is 14.3. The molecule has 2 nitrogen and oxygen atoms in total. The lowest BCUT2D eigenvalue weighted by atomic mass is 10.1. The van der Waals surface area contributed by atoms with Gasteiger partial charge in [0.15, 0.2) is 0 Å². The first-order valence-corrected chi connectivity index (χ1v) is 7.40. The molecule has 0 spiro atoms. The van der Waals surface area contributed by atoms with Gasteiger partial charge in [0.25, 0.3) is 5.91 Å². The second-order valence-electron chi connectivity index (χ2n) is 4.48. The quantitative estimate of drug-likeness (QED) is 0.772. The first kappa shape index (κ1) is 13.1. The fourth-order valence-corrected chi connectivity index (χ4v) is 3.09. The number of benzene rings is 1. The van der Waals surface area contributed by atoms with E-state index in [0.29, 0.717) is 6.04 Å². The number of hydrogen-bond acceptors (Lipinski definition) is 1. The molecule has 1 aliphatic rings. The van der Waals surface area contributed by atoms with Gasteiger partial charge >= 0.3 is 0 Å². The Bertz CT molecular complexity index is 427. The highest BCUT2D eigenvalue weighted by molar-refractivity contribution is 9.11. The van der Waals surface area contributed by atoms with Crippen molar-refractivity contribution in [1.29, 1.82) is 0 Å². The van der Waals surface area contributed by atoms with Crippen molar-refractivity contribution in [2.45, 2.75) is 31.7 Å². The van der Waals surface area contributed by atoms with E-state index in [0.717, 1.165) is 27.4 Å². The minimum absolute atomic E-state index is 0.102. The van der Waals surface area contributed by atoms with Crippen LogP contribution in [0.2, 0.25) is 0 Å². The van der Waals surface area contributed by atoms with Crippen molar-refractivity contribution < 1.29 is 4.79 Å². The van der Waals surface area contributed by atoms with Crippen molar-refractivity contribution in [2.75, 3.05) is 7.05 Å². The van der Waals surface area contributed by atoms with E-state index in [1.807, 2.05) is 30.1 Å². The molecule has 0 aromatic heterocycles. The van der Waals surface area contributed by atoms with Gasteiger partial charge in [-0.05, 0) is 47.0 Å². The first-order valence-electron chi connectivity index (χ1n) is 5.82. The molecular formula is C13H15Br2NO. The highest BCUT2D eigenvalue weighted by Gasteiger charge is 2.25. The lowest BCUT2D eigenvalue weighted by Crippen LogP contribution is -2.35. The first-order chi connectivity index (χ1) is 8.09. The van der Waals surface area contributed by atoms with Crippen molar-refractivity contribution in [3.05, 3.63) is 32.7 Å². The molecule has 0 bridgehead atoms. The van der Waals surface area contributed by atoms with E-state index in [9.17, 15) is 4.79 Å². The minimum atomic E-state index is 0.102. The van der Waals surface area contributed by atoms with Crippen molar-refractivity contribution in [2.24, 2.45) is 0 Å². The molecule has 17 heavy (non-hydrogen) atoms. The third kappa shape index (κ3) is 2.91. The normalized spacial score (nSPS) is 16.2. The van der Waals surface area contributed by atoms with Gasteiger partial charge in [-0.25, -0.2) is 0 Å². The van der Waals surface area contributed by atoms with Gasteiger partial charge in [-0.3, -0.25) is 4.79 Å². The standard InChI is InChI=1S/C13H15Br2NO/c1-16(10-4-2-3-5-10)13(17)11-8-9(14)6-7-12(11)15/h6-8,10H,2-5H2,1H3. The van der Waals surface area contributed by atoms with Gasteiger partial charge in [-0.1, -0.05) is 28.8 Å². The smallest absolute Gasteiger partial charge is 0.255 e. The Morgan fingerprint density at radius 3 is 2.59 bits per heavy atom. The van der Waals surface area contributed by atoms with Crippen LogP contribution in [-0.2, 0) is 0 Å². The lowest BCUT2D eigenvalue weighted by Gasteiger charge is -2.24. The summed E-state index contributed by atoms with van der Waals surface area (Å²) in [6.07, 6.45) is 4.74. The zero-order valence-corrected chi connectivity index (χ0v) is 12.9. The molecule has 1 aliphatic carbocycles. The third-order valence-corrected chi connectivity index (χ3v) is 4.54. The summed E-state index contributed by atoms with van der Waals surface area (Å²) in [5, 5.41) is 0. The van der Waals surface area contributed by atoms with Crippen LogP contribution in [0.25, 0.3) is 0 Å². The predicted molar refractivity (Wildman–Crippen MR) is 76.2 cm³/mol. The molecule has 1 aromatic carbocycles. The fourth-order valence-electron chi connectivity index (χ4n) is 2.31. The molecule has 1 fully saturated rings. The Labute approximate surface area is 119 Å². The van der Waals surface area contributed by atoms with Crippen LogP contribution in [-0.4, -0.2) is 23.9 Å². The largest absolute Gasteiger partial charge is 0.339 e. The Hall–Kier alpha value is -0.350. The van der Waals surface area contributed by atoms with Crippen molar-refractivity contribution in [3.8, 4) is 0 Å². The van der Waals surface area contributed by atoms with E-state index in [-0.39, 0.29) is 5.91 Å². The summed E-state index contributed by atoms with van der Waals surface area (Å²) in [5.41, 5.74) is 0.730. The van der Waals surface area contributed by atoms with Crippen LogP contribution < -0.4 is 0 Å². The molecule has 4 heteroatoms. The van der Waals surface area contributed by atoms with Crippen LogP contribution in [0.15, 0.2) is 27.1 Å². The van der Waals surface area contributed by atoms with Gasteiger partial charge in [0.05, 0.1) is 5.56 Å². The average molecular weight is 361 g/mol.